The van der Waals surface area contributed by atoms with Crippen LogP contribution in [0, 0.1) is 92.8 Å². The average Bonchev–Trinajstić information content (AvgIpc) is 1.47. The van der Waals surface area contributed by atoms with E-state index in [0.29, 0.717) is 101 Å². The Labute approximate surface area is 714 Å². The monoisotopic (exact) mass is 1690 g/mol. The fourth-order valence-electron chi connectivity index (χ4n) is 24.7. The standard InChI is InChI=1S/C58H64Cl2N8O8.C36H35N4O6/c1-9-37-29(2)41-28-46-49(33(6)69)31(4)43-26-42-30(3)38(53-51-52(57(75)76-8)55(72)50-32(5)44-27-45(37)65(41)58(66(43)46,67(42)53)68(44)54(50)51)16-18-48(71)61-21-11-12-34(56(73)74)24-36(70)13-10-14-47-62-39-25-35(15-17-40(39)63(47)7)64(22-19-59)23-20-60;1-8-19-14(2)21-13-26-28(18(6)41)16(4)23-11-22-15(3)20(9-10-27(42)43)32-30-31(35(45)46-7)34(44)29-17(5)24-12-25(19)37(21)36(38(23)26,39(22)32)40(24)33(29)30/h15,17,25-30,34,37-38,52H,9-14,16,18-24H2,1-8H3;11-15,19-20,31H,8-10H2,1-7H3/q;+1/p+3/t29-,30+,34-,37-,38+,52?,58-;14-,15+,19-,20+,31?,36-/m11/s1. The molecule has 632 valence electrons. The number of amides is 1. The minimum absolute atomic E-state index is 0.00588. The van der Waals surface area contributed by atoms with Gasteiger partial charge in [0.25, 0.3) is 0 Å². The molecule has 14 aliphatic rings. The topological polar surface area (TPSA) is 294 Å². The van der Waals surface area contributed by atoms with Gasteiger partial charge in [0.2, 0.25) is 17.3 Å². The number of anilines is 1. The first-order valence-corrected chi connectivity index (χ1v) is 44.3. The first-order valence-electron chi connectivity index (χ1n) is 43.2. The van der Waals surface area contributed by atoms with E-state index in [9.17, 15) is 58.2 Å². The number of esters is 2. The number of allylic oxidation sites excluding steroid dienone is 4. The summed E-state index contributed by atoms with van der Waals surface area (Å²) >= 11 is 12.1. The number of nitrogens with zero attached hydrogens (tertiary/aromatic N) is 11. The lowest BCUT2D eigenvalue weighted by Crippen LogP contribution is -2.70. The quantitative estimate of drug-likeness (QED) is 0.0103. The van der Waals surface area contributed by atoms with Gasteiger partial charge in [0.15, 0.2) is 69.2 Å². The molecule has 122 heavy (non-hydrogen) atoms. The van der Waals surface area contributed by atoms with Crippen molar-refractivity contribution < 1.29 is 85.9 Å². The number of carboxylic acids is 2. The number of carboxylic acid groups (broad SMARTS) is 2. The van der Waals surface area contributed by atoms with Gasteiger partial charge < -0.3 is 34.5 Å². The van der Waals surface area contributed by atoms with E-state index in [1.165, 1.54) is 19.9 Å². The third kappa shape index (κ3) is 10.3. The number of carbonyl (C=O) groups is 10. The third-order valence-corrected chi connectivity index (χ3v) is 30.4. The van der Waals surface area contributed by atoms with Crippen molar-refractivity contribution in [2.45, 2.75) is 172 Å². The van der Waals surface area contributed by atoms with Crippen LogP contribution in [0.25, 0.3) is 58.6 Å². The second-order valence-corrected chi connectivity index (χ2v) is 36.5. The van der Waals surface area contributed by atoms with Crippen molar-refractivity contribution in [1.29, 1.82) is 0 Å². The highest BCUT2D eigenvalue weighted by atomic mass is 35.5. The van der Waals surface area contributed by atoms with E-state index in [1.54, 1.807) is 13.8 Å². The Morgan fingerprint density at radius 3 is 1.50 bits per heavy atom. The predicted molar refractivity (Wildman–Crippen MR) is 458 cm³/mol. The molecule has 26 nitrogen and oxygen atoms in total. The molecule has 1 amide bonds. The number of Topliss-reactive ketones (excluding diaryl/α,β-unsaturated/α-hetero) is 5. The maximum Gasteiger partial charge on any atom is 0.552 e. The number of methoxy groups -OCH3 is 2. The lowest BCUT2D eigenvalue weighted by Gasteiger charge is -2.39. The van der Waals surface area contributed by atoms with Crippen molar-refractivity contribution in [2.24, 2.45) is 72.1 Å². The molecule has 0 bridgehead atoms. The number of nitrogens with one attached hydrogen (secondary N) is 1. The summed E-state index contributed by atoms with van der Waals surface area (Å²) in [5.74, 6) is -8.01. The molecule has 6 aromatic rings. The minimum atomic E-state index is -1.20. The summed E-state index contributed by atoms with van der Waals surface area (Å²) in [4.78, 5) is 143. The van der Waals surface area contributed by atoms with Crippen LogP contribution in [0.1, 0.15) is 218 Å². The van der Waals surface area contributed by atoms with Crippen LogP contribution in [0.5, 0.6) is 0 Å². The van der Waals surface area contributed by atoms with Crippen LogP contribution in [0.3, 0.4) is 0 Å². The maximum atomic E-state index is 14.9. The molecular formula is C94H102Cl2N12O14+4. The highest BCUT2D eigenvalue weighted by Gasteiger charge is 2.80. The number of aromatic nitrogens is 6. The average molecular weight is 1690 g/mol. The van der Waals surface area contributed by atoms with E-state index in [1.807, 2.05) is 57.5 Å². The molecule has 3 N–H and O–H groups in total. The molecule has 0 radical (unpaired) electrons. The molecule has 17 heterocycles. The molecule has 1 aromatic carbocycles. The molecule has 2 aliphatic carbocycles. The summed E-state index contributed by atoms with van der Waals surface area (Å²) < 4.78 is 31.4. The number of ketones is 5. The zero-order valence-corrected chi connectivity index (χ0v) is 73.0. The van der Waals surface area contributed by atoms with Gasteiger partial charge in [-0.25, -0.2) is 4.98 Å². The van der Waals surface area contributed by atoms with E-state index < -0.39 is 53.5 Å². The van der Waals surface area contributed by atoms with Gasteiger partial charge in [-0.15, -0.1) is 23.2 Å². The first kappa shape index (κ1) is 80.7. The van der Waals surface area contributed by atoms with Gasteiger partial charge in [-0.1, -0.05) is 59.8 Å². The van der Waals surface area contributed by atoms with Crippen LogP contribution in [-0.4, -0.2) is 183 Å². The number of halogens is 2. The van der Waals surface area contributed by atoms with Crippen LogP contribution < -0.4 is 31.6 Å². The molecule has 0 saturated carbocycles. The van der Waals surface area contributed by atoms with E-state index in [4.69, 9.17) is 37.7 Å². The molecule has 12 aliphatic heterocycles. The van der Waals surface area contributed by atoms with Crippen molar-refractivity contribution >= 4 is 169 Å². The Morgan fingerprint density at radius 2 is 1.06 bits per heavy atom. The predicted octanol–water partition coefficient (Wildman–Crippen LogP) is 8.85. The van der Waals surface area contributed by atoms with Crippen LogP contribution >= 0.6 is 23.2 Å². The molecular weight excluding hydrogens is 1590 g/mol. The number of imidazole rings is 1. The fraction of sp³-hybridized carbons (Fsp3) is 0.479. The molecule has 5 aromatic heterocycles. The van der Waals surface area contributed by atoms with Crippen molar-refractivity contribution in [1.82, 2.24) is 33.1 Å². The van der Waals surface area contributed by atoms with Crippen molar-refractivity contribution in [2.75, 3.05) is 50.5 Å². The van der Waals surface area contributed by atoms with Crippen LogP contribution in [-0.2, 0) is 63.5 Å². The van der Waals surface area contributed by atoms with E-state index in [2.05, 4.69) is 125 Å². The van der Waals surface area contributed by atoms with Crippen molar-refractivity contribution in [3.05, 3.63) is 135 Å². The number of hydrogen-bond donors (Lipinski definition) is 3. The second-order valence-electron chi connectivity index (χ2n) is 35.8. The van der Waals surface area contributed by atoms with Crippen molar-refractivity contribution in [3.8, 4) is 0 Å². The van der Waals surface area contributed by atoms with Gasteiger partial charge in [0.05, 0.1) is 134 Å². The molecule has 0 saturated heterocycles. The minimum Gasteiger partial charge on any atom is -0.481 e. The Morgan fingerprint density at radius 1 is 0.598 bits per heavy atom. The van der Waals surface area contributed by atoms with E-state index in [-0.39, 0.29) is 121 Å². The van der Waals surface area contributed by atoms with E-state index in [0.717, 1.165) is 131 Å². The molecule has 0 fully saturated rings. The van der Waals surface area contributed by atoms with Crippen molar-refractivity contribution in [3.63, 3.8) is 0 Å². The molecule has 28 heteroatoms. The number of hydrogen-bond acceptors (Lipinski definition) is 14. The summed E-state index contributed by atoms with van der Waals surface area (Å²) in [5.41, 5.74) is 21.5. The number of fused-ring (bicyclic) bond motifs is 3. The Bertz CT molecular complexity index is 6560. The number of benzene rings is 1. The van der Waals surface area contributed by atoms with Gasteiger partial charge in [-0.3, -0.25) is 47.9 Å². The van der Waals surface area contributed by atoms with Gasteiger partial charge >= 0.3 is 35.7 Å². The molecule has 20 rings (SSSR count). The van der Waals surface area contributed by atoms with Gasteiger partial charge in [-0.2, -0.15) is 18.3 Å². The lowest BCUT2D eigenvalue weighted by molar-refractivity contribution is -0.838. The first-order chi connectivity index (χ1) is 58.4. The summed E-state index contributed by atoms with van der Waals surface area (Å²) in [6.07, 6.45) is 17.6. The number of aliphatic carboxylic acids is 2. The Kier molecular flexibility index (Phi) is 18.9. The number of aryl methyl sites for hydroxylation is 2. The van der Waals surface area contributed by atoms with Crippen LogP contribution in [0.4, 0.5) is 5.69 Å². The lowest BCUT2D eigenvalue weighted by atomic mass is 9.81. The largest absolute Gasteiger partial charge is 0.552 e. The molecule has 2 unspecified atom stereocenters. The SMILES string of the molecule is CC[C@H]1C2=[N+]3C(=Cc4c(C(C)=O)c(C)c5n4[C@]34n3c(c(C)c6c3=C(C3=[N+]4C(=C5)[C@@H](C)[C@@H]3CCC(=O)NCCC[C@H](CC(=O)CCCc3nc4cc(N(CCCl)CCCl)ccc4n3C)C(=O)O)C(C(=O)OC)C6=O)=C2)[C@@H]1C.CC[C@H]1C2=[N+]3C(=Cc4c(C(C)=O)c(C)c5n4[C@]34n3c(c(C)c6c3=C(C3=[N+]4C(=C5)[C@@H](C)[C@@H]3CCC(=O)O)C(C(=O)OC)C6=O)=C2)[C@@H]1C. The van der Waals surface area contributed by atoms with Crippen LogP contribution in [0.2, 0.25) is 0 Å². The third-order valence-electron chi connectivity index (χ3n) is 30.0. The fourth-order valence-corrected chi connectivity index (χ4v) is 25.1. The van der Waals surface area contributed by atoms with Crippen LogP contribution in [0.15, 0.2) is 41.0 Å². The maximum absolute atomic E-state index is 14.9. The number of rotatable bonds is 28. The van der Waals surface area contributed by atoms with E-state index >= 15 is 0 Å². The molecule has 13 atom stereocenters. The number of carbonyl (C=O) groups excluding carboxylic acids is 8. The highest BCUT2D eigenvalue weighted by Crippen LogP contribution is 2.59. The number of alkyl halides is 2. The van der Waals surface area contributed by atoms with Gasteiger partial charge in [0.1, 0.15) is 11.6 Å². The Balaban J connectivity index is 0.000000181. The molecule has 2 spiro atoms. The second kappa shape index (κ2) is 28.5. The zero-order valence-electron chi connectivity index (χ0n) is 71.5. The summed E-state index contributed by atoms with van der Waals surface area (Å²) in [6.45, 7) is 26.0. The van der Waals surface area contributed by atoms with Gasteiger partial charge in [0, 0.05) is 135 Å². The highest BCUT2D eigenvalue weighted by molar-refractivity contribution is 6.36. The van der Waals surface area contributed by atoms with Gasteiger partial charge in [-0.05, 0) is 127 Å². The summed E-state index contributed by atoms with van der Waals surface area (Å²) in [7, 11) is 4.57. The number of ether oxygens (including phenoxy) is 2. The summed E-state index contributed by atoms with van der Waals surface area (Å²) in [5, 5.41) is 26.3. The summed E-state index contributed by atoms with van der Waals surface area (Å²) in [6, 6.07) is 6.08. The Hall–Kier alpha value is -11.0. The normalized spacial score (nSPS) is 25.7. The smallest absolute Gasteiger partial charge is 0.481 e. The zero-order chi connectivity index (χ0) is 86.4.